The van der Waals surface area contributed by atoms with Crippen molar-refractivity contribution in [3.05, 3.63) is 0 Å². The lowest BCUT2D eigenvalue weighted by molar-refractivity contribution is -0.123. The molecule has 1 rings (SSSR count). The fourth-order valence-electron chi connectivity index (χ4n) is 1.96. The maximum atomic E-state index is 10.9. The molecule has 6 heteroatoms. The van der Waals surface area contributed by atoms with Gasteiger partial charge in [0.25, 0.3) is 0 Å². The molecule has 1 fully saturated rings. The summed E-state index contributed by atoms with van der Waals surface area (Å²) < 4.78 is 0. The average molecular weight is 272 g/mol. The third-order valence-electron chi connectivity index (χ3n) is 2.96. The highest BCUT2D eigenvalue weighted by molar-refractivity contribution is 5.85. The molecule has 0 bridgehead atoms. The summed E-state index contributed by atoms with van der Waals surface area (Å²) in [6.07, 6.45) is 5.07. The van der Waals surface area contributed by atoms with Gasteiger partial charge in [0, 0.05) is 13.1 Å². The molecule has 0 radical (unpaired) electrons. The van der Waals surface area contributed by atoms with Gasteiger partial charge in [0.15, 0.2) is 0 Å². The monoisotopic (exact) mass is 271 g/mol. The van der Waals surface area contributed by atoms with Crippen molar-refractivity contribution >= 4 is 31.2 Å². The van der Waals surface area contributed by atoms with Gasteiger partial charge in [-0.25, -0.2) is 0 Å². The number of likely N-dealkylation sites (N-methyl/N-ethyl adjacent to an activating group) is 1. The maximum absolute atomic E-state index is 10.9. The van der Waals surface area contributed by atoms with Gasteiger partial charge in [-0.05, 0) is 39.8 Å². The molecule has 98 valence electrons. The van der Waals surface area contributed by atoms with E-state index in [0.29, 0.717) is 0 Å². The minimum Gasteiger partial charge on any atom is -0.326 e. The lowest BCUT2D eigenvalue weighted by atomic mass is 10.1. The van der Waals surface area contributed by atoms with Gasteiger partial charge in [-0.3, -0.25) is 4.79 Å². The molecule has 1 amide bonds. The van der Waals surface area contributed by atoms with E-state index in [2.05, 4.69) is 4.90 Å². The number of nitrogens with zero attached hydrogens (tertiary/aromatic N) is 2. The third-order valence-corrected chi connectivity index (χ3v) is 2.96. The topological polar surface area (TPSA) is 49.6 Å². The zero-order valence-corrected chi connectivity index (χ0v) is 11.6. The Hall–Kier alpha value is -0.0300. The lowest BCUT2D eigenvalue weighted by Gasteiger charge is -2.35. The van der Waals surface area contributed by atoms with Gasteiger partial charge in [-0.15, -0.1) is 24.8 Å². The highest BCUT2D eigenvalue weighted by Crippen LogP contribution is 2.29. The van der Waals surface area contributed by atoms with E-state index in [9.17, 15) is 4.79 Å². The Labute approximate surface area is 110 Å². The Bertz CT molecular complexity index is 197. The summed E-state index contributed by atoms with van der Waals surface area (Å²) >= 11 is 0. The molecule has 0 spiro atoms. The van der Waals surface area contributed by atoms with Crippen LogP contribution < -0.4 is 5.73 Å². The third kappa shape index (κ3) is 4.87. The van der Waals surface area contributed by atoms with Crippen LogP contribution in [0.4, 0.5) is 0 Å². The Morgan fingerprint density at radius 1 is 1.19 bits per heavy atom. The summed E-state index contributed by atoms with van der Waals surface area (Å²) in [7, 11) is 4.00. The van der Waals surface area contributed by atoms with E-state index >= 15 is 0 Å². The second-order valence-electron chi connectivity index (χ2n) is 4.41. The van der Waals surface area contributed by atoms with E-state index in [1.807, 2.05) is 14.1 Å². The molecule has 4 nitrogen and oxygen atoms in total. The molecule has 1 saturated carbocycles. The number of hydrogen-bond donors (Lipinski definition) is 1. The maximum Gasteiger partial charge on any atom is 0.211 e. The van der Waals surface area contributed by atoms with Crippen LogP contribution in [0.25, 0.3) is 0 Å². The fourth-order valence-corrected chi connectivity index (χ4v) is 1.96. The SMILES string of the molecule is CN(C)CCN(C=O)C1(N)CCCC1.Cl.Cl. The Morgan fingerprint density at radius 2 is 1.69 bits per heavy atom. The number of halogens is 2. The van der Waals surface area contributed by atoms with Crippen LogP contribution >= 0.6 is 24.8 Å². The zero-order chi connectivity index (χ0) is 10.6. The highest BCUT2D eigenvalue weighted by Gasteiger charge is 2.34. The molecule has 0 aromatic carbocycles. The fraction of sp³-hybridized carbons (Fsp3) is 0.900. The predicted molar refractivity (Wildman–Crippen MR) is 71.2 cm³/mol. The average Bonchev–Trinajstić information content (AvgIpc) is 2.53. The second kappa shape index (κ2) is 8.12. The smallest absolute Gasteiger partial charge is 0.211 e. The first-order valence-electron chi connectivity index (χ1n) is 5.24. The number of rotatable bonds is 5. The van der Waals surface area contributed by atoms with Crippen molar-refractivity contribution in [2.75, 3.05) is 27.2 Å². The summed E-state index contributed by atoms with van der Waals surface area (Å²) in [5.41, 5.74) is 5.81. The van der Waals surface area contributed by atoms with Crippen LogP contribution in [0.3, 0.4) is 0 Å². The first-order valence-corrected chi connectivity index (χ1v) is 5.24. The van der Waals surface area contributed by atoms with E-state index in [0.717, 1.165) is 45.2 Å². The predicted octanol–water partition coefficient (Wildman–Crippen LogP) is 1.08. The first-order chi connectivity index (χ1) is 6.58. The Balaban J connectivity index is 0. The molecule has 0 atom stereocenters. The standard InChI is InChI=1S/C10H21N3O.2ClH/c1-12(2)7-8-13(9-14)10(11)5-3-4-6-10;;/h9H,3-8,11H2,1-2H3;2*1H. The molecular formula is C10H23Cl2N3O. The van der Waals surface area contributed by atoms with Crippen molar-refractivity contribution in [3.63, 3.8) is 0 Å². The van der Waals surface area contributed by atoms with Crippen molar-refractivity contribution in [1.82, 2.24) is 9.80 Å². The molecule has 0 aromatic rings. The minimum atomic E-state index is -0.363. The van der Waals surface area contributed by atoms with Crippen molar-refractivity contribution < 1.29 is 4.79 Å². The van der Waals surface area contributed by atoms with Gasteiger partial charge < -0.3 is 15.5 Å². The second-order valence-corrected chi connectivity index (χ2v) is 4.41. The van der Waals surface area contributed by atoms with Gasteiger partial charge in [0.05, 0.1) is 5.66 Å². The Kier molecular flexibility index (Phi) is 9.30. The van der Waals surface area contributed by atoms with Crippen molar-refractivity contribution in [2.45, 2.75) is 31.3 Å². The molecule has 1 aliphatic rings. The number of hydrogen-bond acceptors (Lipinski definition) is 3. The van der Waals surface area contributed by atoms with E-state index in [1.54, 1.807) is 4.90 Å². The van der Waals surface area contributed by atoms with Crippen LogP contribution in [-0.4, -0.2) is 49.1 Å². The van der Waals surface area contributed by atoms with Crippen LogP contribution in [0.15, 0.2) is 0 Å². The number of carbonyl (C=O) groups excluding carboxylic acids is 1. The van der Waals surface area contributed by atoms with E-state index in [4.69, 9.17) is 5.73 Å². The Morgan fingerprint density at radius 3 is 2.06 bits per heavy atom. The zero-order valence-electron chi connectivity index (χ0n) is 10.0. The number of amides is 1. The molecule has 16 heavy (non-hydrogen) atoms. The van der Waals surface area contributed by atoms with Gasteiger partial charge in [0.2, 0.25) is 6.41 Å². The van der Waals surface area contributed by atoms with Gasteiger partial charge in [-0.1, -0.05) is 0 Å². The van der Waals surface area contributed by atoms with Crippen LogP contribution in [0.1, 0.15) is 25.7 Å². The summed E-state index contributed by atoms with van der Waals surface area (Å²) in [5.74, 6) is 0. The first kappa shape index (κ1) is 18.3. The number of carbonyl (C=O) groups is 1. The highest BCUT2D eigenvalue weighted by atomic mass is 35.5. The van der Waals surface area contributed by atoms with Gasteiger partial charge in [-0.2, -0.15) is 0 Å². The summed E-state index contributed by atoms with van der Waals surface area (Å²) in [5, 5.41) is 0. The molecule has 0 heterocycles. The molecule has 0 unspecified atom stereocenters. The molecule has 0 saturated heterocycles. The van der Waals surface area contributed by atoms with Crippen LogP contribution in [0.2, 0.25) is 0 Å². The minimum absolute atomic E-state index is 0. The van der Waals surface area contributed by atoms with Crippen molar-refractivity contribution in [3.8, 4) is 0 Å². The van der Waals surface area contributed by atoms with E-state index in [1.165, 1.54) is 0 Å². The summed E-state index contributed by atoms with van der Waals surface area (Å²) in [6, 6.07) is 0. The molecule has 2 N–H and O–H groups in total. The normalized spacial score (nSPS) is 17.5. The van der Waals surface area contributed by atoms with Crippen molar-refractivity contribution in [1.29, 1.82) is 0 Å². The molecule has 0 aliphatic heterocycles. The largest absolute Gasteiger partial charge is 0.326 e. The van der Waals surface area contributed by atoms with Gasteiger partial charge >= 0.3 is 0 Å². The van der Waals surface area contributed by atoms with Crippen molar-refractivity contribution in [2.24, 2.45) is 5.73 Å². The quantitative estimate of drug-likeness (QED) is 0.602. The van der Waals surface area contributed by atoms with Crippen LogP contribution in [0, 0.1) is 0 Å². The van der Waals surface area contributed by atoms with Gasteiger partial charge in [0.1, 0.15) is 0 Å². The van der Waals surface area contributed by atoms with E-state index in [-0.39, 0.29) is 30.5 Å². The van der Waals surface area contributed by atoms with Crippen LogP contribution in [0.5, 0.6) is 0 Å². The number of nitrogens with two attached hydrogens (primary N) is 1. The lowest BCUT2D eigenvalue weighted by Crippen LogP contribution is -2.55. The van der Waals surface area contributed by atoms with Crippen LogP contribution in [-0.2, 0) is 4.79 Å². The summed E-state index contributed by atoms with van der Waals surface area (Å²) in [6.45, 7) is 1.60. The molecule has 1 aliphatic carbocycles. The summed E-state index contributed by atoms with van der Waals surface area (Å²) in [4.78, 5) is 14.8. The molecular weight excluding hydrogens is 249 g/mol. The van der Waals surface area contributed by atoms with E-state index < -0.39 is 0 Å². The molecule has 0 aromatic heterocycles.